The van der Waals surface area contributed by atoms with Gasteiger partial charge in [0, 0.05) is 36.8 Å². The van der Waals surface area contributed by atoms with Gasteiger partial charge in [-0.3, -0.25) is 14.9 Å². The van der Waals surface area contributed by atoms with Crippen LogP contribution in [0.4, 0.5) is 21.5 Å². The monoisotopic (exact) mass is 329 g/mol. The highest BCUT2D eigenvalue weighted by Crippen LogP contribution is 2.27. The molecule has 0 radical (unpaired) electrons. The number of benzene rings is 2. The van der Waals surface area contributed by atoms with Gasteiger partial charge in [-0.05, 0) is 24.6 Å². The summed E-state index contributed by atoms with van der Waals surface area (Å²) in [6.07, 6.45) is 1.17. The van der Waals surface area contributed by atoms with Crippen LogP contribution in [0.5, 0.6) is 0 Å². The van der Waals surface area contributed by atoms with Crippen LogP contribution >= 0.6 is 0 Å². The van der Waals surface area contributed by atoms with E-state index in [4.69, 9.17) is 0 Å². The van der Waals surface area contributed by atoms with Gasteiger partial charge in [-0.15, -0.1) is 0 Å². The second-order valence-electron chi connectivity index (χ2n) is 5.55. The normalized spacial score (nSPS) is 14.0. The molecule has 0 saturated carbocycles. The van der Waals surface area contributed by atoms with Crippen molar-refractivity contribution in [1.29, 1.82) is 0 Å². The highest BCUT2D eigenvalue weighted by molar-refractivity contribution is 5.95. The molecule has 2 aromatic rings. The van der Waals surface area contributed by atoms with Gasteiger partial charge in [0.15, 0.2) is 0 Å². The molecule has 1 amide bonds. The molecule has 3 rings (SSSR count). The third kappa shape index (κ3) is 3.19. The Morgan fingerprint density at radius 3 is 2.71 bits per heavy atom. The number of hydrogen-bond donors (Lipinski definition) is 1. The van der Waals surface area contributed by atoms with Gasteiger partial charge in [0.05, 0.1) is 10.6 Å². The number of carbonyl (C=O) groups excluding carboxylic acids is 1. The van der Waals surface area contributed by atoms with Crippen LogP contribution < -0.4 is 10.2 Å². The van der Waals surface area contributed by atoms with Crippen LogP contribution in [0, 0.1) is 15.9 Å². The molecule has 1 N–H and O–H groups in total. The molecule has 1 heterocycles. The number of para-hydroxylation sites is 1. The van der Waals surface area contributed by atoms with E-state index in [9.17, 15) is 19.3 Å². The van der Waals surface area contributed by atoms with Gasteiger partial charge in [0.1, 0.15) is 5.82 Å². The number of nitro groups is 1. The van der Waals surface area contributed by atoms with Crippen LogP contribution in [0.3, 0.4) is 0 Å². The Kier molecular flexibility index (Phi) is 4.41. The van der Waals surface area contributed by atoms with Gasteiger partial charge >= 0.3 is 0 Å². The van der Waals surface area contributed by atoms with Crippen LogP contribution in [-0.4, -0.2) is 17.4 Å². The minimum atomic E-state index is -0.488. The van der Waals surface area contributed by atoms with E-state index in [1.807, 2.05) is 0 Å². The zero-order chi connectivity index (χ0) is 17.1. The molecule has 0 spiro atoms. The lowest BCUT2D eigenvalue weighted by molar-refractivity contribution is -0.385. The Labute approximate surface area is 138 Å². The number of halogens is 1. The number of rotatable bonds is 5. The Hall–Kier alpha value is -2.96. The number of carbonyl (C=O) groups is 1. The van der Waals surface area contributed by atoms with Crippen LogP contribution in [-0.2, 0) is 11.3 Å². The van der Waals surface area contributed by atoms with Crippen LogP contribution in [0.15, 0.2) is 42.5 Å². The topological polar surface area (TPSA) is 75.5 Å². The lowest BCUT2D eigenvalue weighted by Crippen LogP contribution is -2.24. The van der Waals surface area contributed by atoms with Gasteiger partial charge in [-0.2, -0.15) is 0 Å². The first-order valence-corrected chi connectivity index (χ1v) is 7.62. The second kappa shape index (κ2) is 6.66. The molecule has 1 saturated heterocycles. The van der Waals surface area contributed by atoms with E-state index in [0.717, 1.165) is 6.42 Å². The van der Waals surface area contributed by atoms with E-state index in [-0.39, 0.29) is 23.8 Å². The van der Waals surface area contributed by atoms with E-state index in [1.54, 1.807) is 30.3 Å². The van der Waals surface area contributed by atoms with Crippen molar-refractivity contribution in [2.24, 2.45) is 0 Å². The minimum absolute atomic E-state index is 0.0183. The first kappa shape index (κ1) is 15.9. The van der Waals surface area contributed by atoms with Crippen molar-refractivity contribution in [2.45, 2.75) is 19.4 Å². The van der Waals surface area contributed by atoms with E-state index in [0.29, 0.717) is 24.2 Å². The molecule has 0 aliphatic carbocycles. The molecule has 0 aromatic heterocycles. The summed E-state index contributed by atoms with van der Waals surface area (Å²) in [4.78, 5) is 23.7. The van der Waals surface area contributed by atoms with Crippen LogP contribution in [0.1, 0.15) is 18.4 Å². The molecule has 124 valence electrons. The highest BCUT2D eigenvalue weighted by atomic mass is 19.1. The molecule has 24 heavy (non-hydrogen) atoms. The third-order valence-electron chi connectivity index (χ3n) is 3.98. The summed E-state index contributed by atoms with van der Waals surface area (Å²) in [7, 11) is 0. The summed E-state index contributed by atoms with van der Waals surface area (Å²) >= 11 is 0. The summed E-state index contributed by atoms with van der Waals surface area (Å²) < 4.78 is 14.3. The molecular weight excluding hydrogens is 313 g/mol. The summed E-state index contributed by atoms with van der Waals surface area (Å²) in [5.74, 6) is -0.563. The lowest BCUT2D eigenvalue weighted by atomic mass is 10.1. The fourth-order valence-electron chi connectivity index (χ4n) is 2.77. The van der Waals surface area contributed by atoms with Gasteiger partial charge in [-0.1, -0.05) is 18.2 Å². The van der Waals surface area contributed by atoms with Crippen molar-refractivity contribution in [3.63, 3.8) is 0 Å². The maximum atomic E-state index is 14.3. The van der Waals surface area contributed by atoms with Gasteiger partial charge in [-0.25, -0.2) is 4.39 Å². The second-order valence-corrected chi connectivity index (χ2v) is 5.55. The third-order valence-corrected chi connectivity index (χ3v) is 3.98. The predicted molar refractivity (Wildman–Crippen MR) is 88.4 cm³/mol. The van der Waals surface area contributed by atoms with Crippen molar-refractivity contribution >= 4 is 23.0 Å². The number of nitrogens with zero attached hydrogens (tertiary/aromatic N) is 2. The zero-order valence-corrected chi connectivity index (χ0v) is 12.9. The van der Waals surface area contributed by atoms with Crippen molar-refractivity contribution in [3.8, 4) is 0 Å². The van der Waals surface area contributed by atoms with Crippen LogP contribution in [0.25, 0.3) is 0 Å². The van der Waals surface area contributed by atoms with E-state index < -0.39 is 10.7 Å². The number of amides is 1. The first-order chi connectivity index (χ1) is 11.6. The molecule has 0 atom stereocenters. The molecule has 6 nitrogen and oxygen atoms in total. The quantitative estimate of drug-likeness (QED) is 0.673. The summed E-state index contributed by atoms with van der Waals surface area (Å²) in [5.41, 5.74) is 1.31. The average Bonchev–Trinajstić information content (AvgIpc) is 2.99. The molecule has 7 heteroatoms. The minimum Gasteiger partial charge on any atom is -0.381 e. The SMILES string of the molecule is O=C1CCCN1c1ccc(NCc2ccccc2[N+](=O)[O-])cc1F. The zero-order valence-electron chi connectivity index (χ0n) is 12.9. The summed E-state index contributed by atoms with van der Waals surface area (Å²) in [5, 5.41) is 14.0. The molecule has 0 unspecified atom stereocenters. The smallest absolute Gasteiger partial charge is 0.274 e. The number of hydrogen-bond acceptors (Lipinski definition) is 4. The van der Waals surface area contributed by atoms with Crippen molar-refractivity contribution in [1.82, 2.24) is 0 Å². The Morgan fingerprint density at radius 1 is 1.25 bits per heavy atom. The van der Waals surface area contributed by atoms with Crippen LogP contribution in [0.2, 0.25) is 0 Å². The van der Waals surface area contributed by atoms with E-state index >= 15 is 0 Å². The first-order valence-electron chi connectivity index (χ1n) is 7.62. The maximum Gasteiger partial charge on any atom is 0.274 e. The number of nitro benzene ring substituents is 1. The Bertz CT molecular complexity index is 794. The van der Waals surface area contributed by atoms with Gasteiger partial charge in [0.2, 0.25) is 5.91 Å². The summed E-state index contributed by atoms with van der Waals surface area (Å²) in [6, 6.07) is 10.9. The number of anilines is 2. The lowest BCUT2D eigenvalue weighted by Gasteiger charge is -2.17. The molecule has 2 aromatic carbocycles. The number of nitrogens with one attached hydrogen (secondary N) is 1. The Balaban J connectivity index is 1.74. The summed E-state index contributed by atoms with van der Waals surface area (Å²) in [6.45, 7) is 0.733. The maximum absolute atomic E-state index is 14.3. The fraction of sp³-hybridized carbons (Fsp3) is 0.235. The van der Waals surface area contributed by atoms with E-state index in [1.165, 1.54) is 17.0 Å². The molecule has 1 fully saturated rings. The van der Waals surface area contributed by atoms with Crippen molar-refractivity contribution in [3.05, 3.63) is 64.0 Å². The average molecular weight is 329 g/mol. The van der Waals surface area contributed by atoms with Crippen molar-refractivity contribution in [2.75, 3.05) is 16.8 Å². The molecule has 0 bridgehead atoms. The van der Waals surface area contributed by atoms with Gasteiger partial charge in [0.25, 0.3) is 5.69 Å². The Morgan fingerprint density at radius 2 is 2.04 bits per heavy atom. The predicted octanol–water partition coefficient (Wildman–Crippen LogP) is 3.47. The molecular formula is C17H16FN3O3. The highest BCUT2D eigenvalue weighted by Gasteiger charge is 2.24. The van der Waals surface area contributed by atoms with E-state index in [2.05, 4.69) is 5.32 Å². The van der Waals surface area contributed by atoms with Gasteiger partial charge < -0.3 is 10.2 Å². The molecule has 1 aliphatic heterocycles. The molecule has 1 aliphatic rings. The van der Waals surface area contributed by atoms with Crippen molar-refractivity contribution < 1.29 is 14.1 Å². The fourth-order valence-corrected chi connectivity index (χ4v) is 2.77. The largest absolute Gasteiger partial charge is 0.381 e. The standard InChI is InChI=1S/C17H16FN3O3/c18-14-10-13(7-8-16(14)20-9-3-6-17(20)22)19-11-12-4-1-2-5-15(12)21(23)24/h1-2,4-5,7-8,10,19H,3,6,9,11H2.